The number of nitrogens with zero attached hydrogens (tertiary/aromatic N) is 2. The zero-order chi connectivity index (χ0) is 26.7. The molecule has 3 N–H and O–H groups in total. The highest BCUT2D eigenvalue weighted by atomic mass is 32.2. The number of benzene rings is 1. The van der Waals surface area contributed by atoms with Gasteiger partial charge in [-0.15, -0.1) is 0 Å². The Balaban J connectivity index is 1.14. The average molecular weight is 542 g/mol. The van der Waals surface area contributed by atoms with Crippen molar-refractivity contribution in [2.24, 2.45) is 17.8 Å². The number of piperidine rings is 1. The van der Waals surface area contributed by atoms with E-state index in [1.807, 2.05) is 0 Å². The Morgan fingerprint density at radius 2 is 1.76 bits per heavy atom. The second-order valence-corrected chi connectivity index (χ2v) is 13.7. The van der Waals surface area contributed by atoms with Crippen LogP contribution in [0.1, 0.15) is 69.7 Å². The first-order valence-corrected chi connectivity index (χ1v) is 15.4. The smallest absolute Gasteiger partial charge is 0.264 e. The number of imide groups is 1. The third-order valence-corrected chi connectivity index (χ3v) is 10.5. The Hall–Kier alpha value is -2.79. The molecule has 1 atom stereocenters. The zero-order valence-corrected chi connectivity index (χ0v) is 22.5. The standard InChI is InChI=1S/C27H35N5O5S/c1-16-29-21-5-2-4-20(24(21)26(35)32(16)22-6-7-23(33)30-25(22)34)28-8-3-9-38(36,37)31-27-13-17-10-18(14-27)12-19(11-17)15-27/h2,4-5,17-19,22,28,31H,3,6-15H2,1H3,(H,30,33,34). The van der Waals surface area contributed by atoms with E-state index in [9.17, 15) is 22.8 Å². The van der Waals surface area contributed by atoms with Crippen LogP contribution >= 0.6 is 0 Å². The molecule has 2 amide bonds. The average Bonchev–Trinajstić information content (AvgIpc) is 2.81. The van der Waals surface area contributed by atoms with Crippen molar-refractivity contribution in [1.29, 1.82) is 0 Å². The molecule has 1 saturated heterocycles. The number of hydrogen-bond donors (Lipinski definition) is 3. The molecule has 0 radical (unpaired) electrons. The van der Waals surface area contributed by atoms with E-state index in [0.717, 1.165) is 19.3 Å². The number of nitrogens with one attached hydrogen (secondary N) is 3. The van der Waals surface area contributed by atoms with Crippen molar-refractivity contribution >= 4 is 38.4 Å². The van der Waals surface area contributed by atoms with Crippen LogP contribution in [0.5, 0.6) is 0 Å². The number of rotatable bonds is 8. The first-order valence-electron chi connectivity index (χ1n) is 13.7. The molecule has 5 fully saturated rings. The van der Waals surface area contributed by atoms with E-state index in [-0.39, 0.29) is 35.6 Å². The molecule has 4 aliphatic carbocycles. The van der Waals surface area contributed by atoms with E-state index >= 15 is 0 Å². The molecule has 4 bridgehead atoms. The molecule has 1 unspecified atom stereocenters. The summed E-state index contributed by atoms with van der Waals surface area (Å²) in [6.45, 7) is 2.04. The molecule has 204 valence electrons. The molecule has 10 nitrogen and oxygen atoms in total. The van der Waals surface area contributed by atoms with Gasteiger partial charge in [-0.3, -0.25) is 24.3 Å². The van der Waals surface area contributed by atoms with Crippen LogP contribution in [0.15, 0.2) is 23.0 Å². The lowest BCUT2D eigenvalue weighted by Crippen LogP contribution is -2.60. The second-order valence-electron chi connectivity index (χ2n) is 11.9. The Morgan fingerprint density at radius 3 is 2.42 bits per heavy atom. The predicted octanol–water partition coefficient (Wildman–Crippen LogP) is 2.37. The molecule has 2 aromatic rings. The monoisotopic (exact) mass is 541 g/mol. The van der Waals surface area contributed by atoms with Crippen molar-refractivity contribution < 1.29 is 18.0 Å². The summed E-state index contributed by atoms with van der Waals surface area (Å²) in [6, 6.07) is 4.49. The Morgan fingerprint density at radius 1 is 1.08 bits per heavy atom. The first-order chi connectivity index (χ1) is 18.1. The molecule has 4 saturated carbocycles. The Bertz CT molecular complexity index is 1430. The molecule has 11 heteroatoms. The summed E-state index contributed by atoms with van der Waals surface area (Å²) >= 11 is 0. The summed E-state index contributed by atoms with van der Waals surface area (Å²) in [5.74, 6) is 1.56. The summed E-state index contributed by atoms with van der Waals surface area (Å²) in [4.78, 5) is 42.2. The first kappa shape index (κ1) is 25.5. The van der Waals surface area contributed by atoms with Gasteiger partial charge < -0.3 is 5.32 Å². The minimum absolute atomic E-state index is 0.0182. The minimum atomic E-state index is -3.43. The van der Waals surface area contributed by atoms with Crippen LogP contribution in [0.3, 0.4) is 0 Å². The maximum absolute atomic E-state index is 13.6. The molecule has 1 aromatic heterocycles. The van der Waals surface area contributed by atoms with Crippen LogP contribution in [-0.4, -0.2) is 47.6 Å². The number of aromatic nitrogens is 2. The van der Waals surface area contributed by atoms with Crippen molar-refractivity contribution in [2.75, 3.05) is 17.6 Å². The summed E-state index contributed by atoms with van der Waals surface area (Å²) in [7, 11) is -3.43. The highest BCUT2D eigenvalue weighted by Gasteiger charge is 2.52. The van der Waals surface area contributed by atoms with Gasteiger partial charge in [0.25, 0.3) is 5.56 Å². The molecule has 5 aliphatic rings. The van der Waals surface area contributed by atoms with E-state index in [1.54, 1.807) is 25.1 Å². The van der Waals surface area contributed by atoms with Crippen molar-refractivity contribution in [2.45, 2.75) is 76.3 Å². The minimum Gasteiger partial charge on any atom is -0.384 e. The van der Waals surface area contributed by atoms with Crippen molar-refractivity contribution in [3.05, 3.63) is 34.4 Å². The van der Waals surface area contributed by atoms with Crippen LogP contribution < -0.4 is 20.9 Å². The van der Waals surface area contributed by atoms with Gasteiger partial charge in [-0.1, -0.05) is 6.07 Å². The fraction of sp³-hybridized carbons (Fsp3) is 0.630. The quantitative estimate of drug-likeness (QED) is 0.344. The number of fused-ring (bicyclic) bond motifs is 1. The lowest BCUT2D eigenvalue weighted by Gasteiger charge is -2.56. The van der Waals surface area contributed by atoms with E-state index in [4.69, 9.17) is 0 Å². The van der Waals surface area contributed by atoms with Gasteiger partial charge in [-0.25, -0.2) is 18.1 Å². The van der Waals surface area contributed by atoms with Gasteiger partial charge in [0.15, 0.2) is 0 Å². The number of sulfonamides is 1. The zero-order valence-electron chi connectivity index (χ0n) is 21.7. The maximum Gasteiger partial charge on any atom is 0.264 e. The van der Waals surface area contributed by atoms with Crippen molar-refractivity contribution in [3.63, 3.8) is 0 Å². The number of carbonyl (C=O) groups excluding carboxylic acids is 2. The summed E-state index contributed by atoms with van der Waals surface area (Å²) < 4.78 is 30.6. The van der Waals surface area contributed by atoms with Crippen molar-refractivity contribution in [1.82, 2.24) is 19.6 Å². The van der Waals surface area contributed by atoms with Crippen LogP contribution in [0.2, 0.25) is 0 Å². The van der Waals surface area contributed by atoms with E-state index < -0.39 is 22.0 Å². The fourth-order valence-electron chi connectivity index (χ4n) is 7.90. The lowest BCUT2D eigenvalue weighted by atomic mass is 9.53. The van der Waals surface area contributed by atoms with Gasteiger partial charge in [-0.2, -0.15) is 0 Å². The topological polar surface area (TPSA) is 139 Å². The Kier molecular flexibility index (Phi) is 6.33. The van der Waals surface area contributed by atoms with Crippen LogP contribution in [-0.2, 0) is 19.6 Å². The third kappa shape index (κ3) is 4.75. The molecule has 1 aliphatic heterocycles. The predicted molar refractivity (Wildman–Crippen MR) is 143 cm³/mol. The summed E-state index contributed by atoms with van der Waals surface area (Å²) in [5.41, 5.74) is 0.437. The summed E-state index contributed by atoms with van der Waals surface area (Å²) in [6.07, 6.45) is 7.48. The number of amides is 2. The van der Waals surface area contributed by atoms with Gasteiger partial charge in [-0.05, 0) is 88.2 Å². The third-order valence-electron chi connectivity index (χ3n) is 8.94. The number of hydrogen-bond acceptors (Lipinski definition) is 7. The van der Waals surface area contributed by atoms with E-state index in [0.29, 0.717) is 53.1 Å². The van der Waals surface area contributed by atoms with Crippen LogP contribution in [0.4, 0.5) is 5.69 Å². The molecular formula is C27H35N5O5S. The summed E-state index contributed by atoms with van der Waals surface area (Å²) in [5, 5.41) is 5.88. The van der Waals surface area contributed by atoms with Gasteiger partial charge in [0.1, 0.15) is 11.9 Å². The van der Waals surface area contributed by atoms with Gasteiger partial charge in [0.2, 0.25) is 21.8 Å². The van der Waals surface area contributed by atoms with Crippen LogP contribution in [0, 0.1) is 24.7 Å². The molecule has 2 heterocycles. The molecule has 0 spiro atoms. The highest BCUT2D eigenvalue weighted by Crippen LogP contribution is 2.55. The number of carbonyl (C=O) groups is 2. The highest BCUT2D eigenvalue weighted by molar-refractivity contribution is 7.89. The molecular weight excluding hydrogens is 506 g/mol. The Labute approximate surface area is 222 Å². The SMILES string of the molecule is Cc1nc2cccc(NCCCS(=O)(=O)NC34CC5CC(CC(C5)C3)C4)c2c(=O)n1C1CCC(=O)NC1=O. The molecule has 38 heavy (non-hydrogen) atoms. The maximum atomic E-state index is 13.6. The molecule has 1 aromatic carbocycles. The molecule has 7 rings (SSSR count). The lowest BCUT2D eigenvalue weighted by molar-refractivity contribution is -0.135. The number of aryl methyl sites for hydroxylation is 1. The fourth-order valence-corrected chi connectivity index (χ4v) is 9.43. The van der Waals surface area contributed by atoms with Gasteiger partial charge in [0.05, 0.1) is 16.7 Å². The number of anilines is 1. The largest absolute Gasteiger partial charge is 0.384 e. The normalized spacial score (nSPS) is 30.6. The van der Waals surface area contributed by atoms with Gasteiger partial charge in [0, 0.05) is 24.2 Å². The van der Waals surface area contributed by atoms with Gasteiger partial charge >= 0.3 is 0 Å². The van der Waals surface area contributed by atoms with E-state index in [2.05, 4.69) is 20.3 Å². The van der Waals surface area contributed by atoms with Crippen LogP contribution in [0.25, 0.3) is 10.9 Å². The van der Waals surface area contributed by atoms with E-state index in [1.165, 1.54) is 23.8 Å². The van der Waals surface area contributed by atoms with Crippen molar-refractivity contribution in [3.8, 4) is 0 Å². The second kappa shape index (κ2) is 9.44.